The van der Waals surface area contributed by atoms with Crippen LogP contribution in [-0.2, 0) is 16.1 Å². The molecule has 0 aliphatic carbocycles. The first-order chi connectivity index (χ1) is 16.9. The maximum Gasteiger partial charge on any atom is 0.328 e. The molecule has 2 saturated heterocycles. The number of carbonyl (C=O) groups is 2. The van der Waals surface area contributed by atoms with Crippen molar-refractivity contribution in [1.29, 1.82) is 0 Å². The number of likely N-dealkylation sites (tertiary alicyclic amines) is 1. The second kappa shape index (κ2) is 11.1. The highest BCUT2D eigenvalue weighted by Gasteiger charge is 2.57. The number of amides is 3. The van der Waals surface area contributed by atoms with Crippen molar-refractivity contribution in [2.45, 2.75) is 24.9 Å². The van der Waals surface area contributed by atoms with Crippen LogP contribution < -0.4 is 4.90 Å². The molecule has 186 valence electrons. The topological polar surface area (TPSA) is 56.3 Å². The van der Waals surface area contributed by atoms with Crippen LogP contribution in [-0.4, -0.2) is 86.2 Å². The molecule has 2 aliphatic heterocycles. The SMILES string of the molecule is COCCN1C(=O)N(Cc2ccccc2)C2(CCN(CC=Cc3ccc(N(C)C)cc3)CC2)C1=O. The zero-order valence-electron chi connectivity index (χ0n) is 21.0. The van der Waals surface area contributed by atoms with E-state index in [4.69, 9.17) is 4.74 Å². The van der Waals surface area contributed by atoms with Crippen molar-refractivity contribution in [2.24, 2.45) is 0 Å². The van der Waals surface area contributed by atoms with Gasteiger partial charge in [0, 0.05) is 53.1 Å². The summed E-state index contributed by atoms with van der Waals surface area (Å²) in [6.07, 6.45) is 5.59. The third-order valence-electron chi connectivity index (χ3n) is 7.09. The van der Waals surface area contributed by atoms with Gasteiger partial charge in [0.1, 0.15) is 5.54 Å². The van der Waals surface area contributed by atoms with Crippen LogP contribution in [0.2, 0.25) is 0 Å². The highest BCUT2D eigenvalue weighted by Crippen LogP contribution is 2.38. The fourth-order valence-electron chi connectivity index (χ4n) is 4.96. The van der Waals surface area contributed by atoms with Crippen molar-refractivity contribution in [2.75, 3.05) is 58.9 Å². The van der Waals surface area contributed by atoms with Gasteiger partial charge >= 0.3 is 6.03 Å². The first-order valence-corrected chi connectivity index (χ1v) is 12.3. The lowest BCUT2D eigenvalue weighted by Crippen LogP contribution is -2.56. The summed E-state index contributed by atoms with van der Waals surface area (Å²) in [6.45, 7) is 3.44. The van der Waals surface area contributed by atoms with Gasteiger partial charge in [-0.2, -0.15) is 0 Å². The average Bonchev–Trinajstić information content (AvgIpc) is 3.06. The van der Waals surface area contributed by atoms with E-state index in [1.807, 2.05) is 44.4 Å². The number of ether oxygens (including phenoxy) is 1. The molecule has 2 fully saturated rings. The first-order valence-electron chi connectivity index (χ1n) is 12.3. The second-order valence-electron chi connectivity index (χ2n) is 9.52. The van der Waals surface area contributed by atoms with Gasteiger partial charge in [-0.05, 0) is 36.1 Å². The lowest BCUT2D eigenvalue weighted by atomic mass is 9.85. The van der Waals surface area contributed by atoms with E-state index >= 15 is 0 Å². The van der Waals surface area contributed by atoms with Crippen LogP contribution in [0.3, 0.4) is 0 Å². The molecule has 35 heavy (non-hydrogen) atoms. The number of urea groups is 1. The lowest BCUT2D eigenvalue weighted by molar-refractivity contribution is -0.136. The van der Waals surface area contributed by atoms with Gasteiger partial charge in [0.2, 0.25) is 0 Å². The number of carbonyl (C=O) groups excluding carboxylic acids is 2. The predicted octanol–water partition coefficient (Wildman–Crippen LogP) is 3.71. The van der Waals surface area contributed by atoms with Crippen molar-refractivity contribution in [3.05, 3.63) is 71.8 Å². The summed E-state index contributed by atoms with van der Waals surface area (Å²) in [5.41, 5.74) is 2.61. The number of imide groups is 1. The van der Waals surface area contributed by atoms with Crippen LogP contribution in [0.25, 0.3) is 6.08 Å². The summed E-state index contributed by atoms with van der Waals surface area (Å²) in [7, 11) is 5.66. The summed E-state index contributed by atoms with van der Waals surface area (Å²) < 4.78 is 5.16. The molecule has 2 aromatic carbocycles. The molecule has 0 bridgehead atoms. The summed E-state index contributed by atoms with van der Waals surface area (Å²) in [6, 6.07) is 18.2. The lowest BCUT2D eigenvalue weighted by Gasteiger charge is -2.42. The third-order valence-corrected chi connectivity index (χ3v) is 7.09. The van der Waals surface area contributed by atoms with E-state index in [1.54, 1.807) is 12.0 Å². The van der Waals surface area contributed by atoms with Gasteiger partial charge in [0.25, 0.3) is 5.91 Å². The molecule has 0 radical (unpaired) electrons. The average molecular weight is 477 g/mol. The Hall–Kier alpha value is -3.16. The van der Waals surface area contributed by atoms with E-state index in [9.17, 15) is 9.59 Å². The molecule has 0 N–H and O–H groups in total. The summed E-state index contributed by atoms with van der Waals surface area (Å²) >= 11 is 0. The van der Waals surface area contributed by atoms with Crippen molar-refractivity contribution in [3.8, 4) is 0 Å². The van der Waals surface area contributed by atoms with E-state index in [1.165, 1.54) is 16.2 Å². The van der Waals surface area contributed by atoms with Crippen molar-refractivity contribution in [1.82, 2.24) is 14.7 Å². The van der Waals surface area contributed by atoms with Crippen molar-refractivity contribution < 1.29 is 14.3 Å². The van der Waals surface area contributed by atoms with Crippen molar-refractivity contribution >= 4 is 23.7 Å². The third kappa shape index (κ3) is 5.41. The summed E-state index contributed by atoms with van der Waals surface area (Å²) in [4.78, 5) is 34.5. The van der Waals surface area contributed by atoms with Crippen LogP contribution in [0.5, 0.6) is 0 Å². The van der Waals surface area contributed by atoms with Crippen LogP contribution >= 0.6 is 0 Å². The maximum absolute atomic E-state index is 13.6. The van der Waals surface area contributed by atoms with E-state index in [2.05, 4.69) is 46.2 Å². The van der Waals surface area contributed by atoms with E-state index in [0.29, 0.717) is 32.5 Å². The molecule has 0 saturated carbocycles. The second-order valence-corrected chi connectivity index (χ2v) is 9.52. The summed E-state index contributed by atoms with van der Waals surface area (Å²) in [5.74, 6) is -0.0772. The van der Waals surface area contributed by atoms with Gasteiger partial charge < -0.3 is 14.5 Å². The largest absolute Gasteiger partial charge is 0.383 e. The fourth-order valence-corrected chi connectivity index (χ4v) is 4.96. The van der Waals surface area contributed by atoms with Crippen LogP contribution in [0, 0.1) is 0 Å². The zero-order chi connectivity index (χ0) is 24.8. The Kier molecular flexibility index (Phi) is 7.88. The van der Waals surface area contributed by atoms with Gasteiger partial charge in [0.15, 0.2) is 0 Å². The van der Waals surface area contributed by atoms with Gasteiger partial charge in [-0.3, -0.25) is 14.6 Å². The Morgan fingerprint density at radius 3 is 2.31 bits per heavy atom. The van der Waals surface area contributed by atoms with Crippen LogP contribution in [0.1, 0.15) is 24.0 Å². The van der Waals surface area contributed by atoms with Gasteiger partial charge in [-0.1, -0.05) is 54.6 Å². The minimum atomic E-state index is -0.775. The molecule has 0 unspecified atom stereocenters. The molecule has 2 aromatic rings. The Morgan fingerprint density at radius 2 is 1.69 bits per heavy atom. The molecule has 7 heteroatoms. The van der Waals surface area contributed by atoms with Crippen LogP contribution in [0.15, 0.2) is 60.7 Å². The monoisotopic (exact) mass is 476 g/mol. The number of piperidine rings is 1. The minimum absolute atomic E-state index is 0.0772. The fraction of sp³-hybridized carbons (Fsp3) is 0.429. The number of hydrogen-bond acceptors (Lipinski definition) is 5. The number of hydrogen-bond donors (Lipinski definition) is 0. The molecule has 7 nitrogen and oxygen atoms in total. The zero-order valence-corrected chi connectivity index (χ0v) is 21.0. The van der Waals surface area contributed by atoms with Crippen LogP contribution in [0.4, 0.5) is 10.5 Å². The number of anilines is 1. The highest BCUT2D eigenvalue weighted by atomic mass is 16.5. The number of benzene rings is 2. The molecule has 1 spiro atoms. The minimum Gasteiger partial charge on any atom is -0.383 e. The highest BCUT2D eigenvalue weighted by molar-refractivity contribution is 6.07. The molecular weight excluding hydrogens is 440 g/mol. The van der Waals surface area contributed by atoms with Gasteiger partial charge in [-0.25, -0.2) is 4.79 Å². The number of methoxy groups -OCH3 is 1. The van der Waals surface area contributed by atoms with Gasteiger partial charge in [-0.15, -0.1) is 0 Å². The quantitative estimate of drug-likeness (QED) is 0.517. The molecule has 4 rings (SSSR count). The Balaban J connectivity index is 1.42. The Bertz CT molecular complexity index is 1030. The molecular formula is C28H36N4O3. The van der Waals surface area contributed by atoms with E-state index in [-0.39, 0.29) is 11.9 Å². The maximum atomic E-state index is 13.6. The predicted molar refractivity (Wildman–Crippen MR) is 139 cm³/mol. The van der Waals surface area contributed by atoms with Gasteiger partial charge in [0.05, 0.1) is 13.2 Å². The molecule has 2 aliphatic rings. The molecule has 3 amide bonds. The van der Waals surface area contributed by atoms with E-state index < -0.39 is 5.54 Å². The normalized spacial score (nSPS) is 18.3. The number of nitrogens with zero attached hydrogens (tertiary/aromatic N) is 4. The Morgan fingerprint density at radius 1 is 1.00 bits per heavy atom. The standard InChI is InChI=1S/C28H36N4O3/c1-29(2)25-13-11-23(12-14-25)10-7-17-30-18-15-28(16-19-30)26(33)31(20-21-35-3)27(34)32(28)22-24-8-5-4-6-9-24/h4-14H,15-22H2,1-3H3. The Labute approximate surface area is 208 Å². The van der Waals surface area contributed by atoms with Crippen molar-refractivity contribution in [3.63, 3.8) is 0 Å². The first kappa shape index (κ1) is 24.9. The molecule has 0 atom stereocenters. The smallest absolute Gasteiger partial charge is 0.328 e. The molecule has 2 heterocycles. The van der Waals surface area contributed by atoms with E-state index in [0.717, 1.165) is 25.2 Å². The number of rotatable bonds is 9. The molecule has 0 aromatic heterocycles. The summed E-state index contributed by atoms with van der Waals surface area (Å²) in [5, 5.41) is 0.